The quantitative estimate of drug-likeness (QED) is 0.634. The minimum absolute atomic E-state index is 0.325. The lowest BCUT2D eigenvalue weighted by Gasteiger charge is -2.10. The third-order valence-corrected chi connectivity index (χ3v) is 3.58. The summed E-state index contributed by atoms with van der Waals surface area (Å²) in [5.41, 5.74) is 8.58. The van der Waals surface area contributed by atoms with E-state index in [2.05, 4.69) is 50.1 Å². The van der Waals surface area contributed by atoms with E-state index in [4.69, 9.17) is 5.73 Å². The van der Waals surface area contributed by atoms with Gasteiger partial charge in [-0.2, -0.15) is 0 Å². The average molecular weight is 245 g/mol. The number of hydrogen-bond donors (Lipinski definition) is 2. The maximum absolute atomic E-state index is 5.93. The first-order valence-corrected chi connectivity index (χ1v) is 6.59. The van der Waals surface area contributed by atoms with Gasteiger partial charge in [0.05, 0.1) is 6.04 Å². The number of guanidine groups is 1. The third-order valence-electron chi connectivity index (χ3n) is 3.58. The summed E-state index contributed by atoms with van der Waals surface area (Å²) >= 11 is 0. The van der Waals surface area contributed by atoms with E-state index in [0.717, 1.165) is 12.1 Å². The molecule has 1 unspecified atom stereocenters. The molecule has 1 atom stereocenters. The molecule has 0 bridgehead atoms. The van der Waals surface area contributed by atoms with Crippen LogP contribution in [0.5, 0.6) is 0 Å². The highest BCUT2D eigenvalue weighted by molar-refractivity contribution is 5.92. The molecule has 0 heterocycles. The van der Waals surface area contributed by atoms with Crippen LogP contribution < -0.4 is 11.1 Å². The van der Waals surface area contributed by atoms with Crippen molar-refractivity contribution < 1.29 is 0 Å². The lowest BCUT2D eigenvalue weighted by molar-refractivity contribution is 0.618. The summed E-state index contributed by atoms with van der Waals surface area (Å²) in [6.45, 7) is 8.80. The Morgan fingerprint density at radius 3 is 2.67 bits per heavy atom. The molecule has 1 saturated carbocycles. The normalized spacial score (nSPS) is 22.1. The summed E-state index contributed by atoms with van der Waals surface area (Å²) in [4.78, 5) is 4.49. The molecule has 3 N–H and O–H groups in total. The zero-order valence-electron chi connectivity index (χ0n) is 11.7. The van der Waals surface area contributed by atoms with Gasteiger partial charge in [-0.15, -0.1) is 0 Å². The van der Waals surface area contributed by atoms with E-state index in [1.54, 1.807) is 0 Å². The van der Waals surface area contributed by atoms with Crippen LogP contribution in [0.1, 0.15) is 45.6 Å². The van der Waals surface area contributed by atoms with Crippen LogP contribution in [-0.4, -0.2) is 12.0 Å². The van der Waals surface area contributed by atoms with Gasteiger partial charge in [-0.3, -0.25) is 0 Å². The average Bonchev–Trinajstić information content (AvgIpc) is 2.85. The summed E-state index contributed by atoms with van der Waals surface area (Å²) in [6.07, 6.45) is 1.13. The van der Waals surface area contributed by atoms with Gasteiger partial charge >= 0.3 is 0 Å². The van der Waals surface area contributed by atoms with Gasteiger partial charge in [0, 0.05) is 5.69 Å². The van der Waals surface area contributed by atoms with Crippen LogP contribution in [0.25, 0.3) is 0 Å². The third kappa shape index (κ3) is 3.03. The number of nitrogens with one attached hydrogen (secondary N) is 1. The second-order valence-electron chi connectivity index (χ2n) is 6.13. The monoisotopic (exact) mass is 245 g/mol. The molecular weight excluding hydrogens is 222 g/mol. The predicted octanol–water partition coefficient (Wildman–Crippen LogP) is 3.34. The molecule has 1 fully saturated rings. The highest BCUT2D eigenvalue weighted by atomic mass is 15.1. The van der Waals surface area contributed by atoms with Crippen molar-refractivity contribution in [2.24, 2.45) is 16.1 Å². The maximum atomic E-state index is 5.93. The first-order valence-electron chi connectivity index (χ1n) is 6.59. The van der Waals surface area contributed by atoms with Crippen LogP contribution >= 0.6 is 0 Å². The highest BCUT2D eigenvalue weighted by Crippen LogP contribution is 2.47. The van der Waals surface area contributed by atoms with E-state index in [-0.39, 0.29) is 0 Å². The first kappa shape index (κ1) is 12.9. The Balaban J connectivity index is 2.03. The standard InChI is InChI=1S/C15H23N3/c1-10(2)11-6-5-7-12(8-11)17-14(16)18-13-9-15(13,3)4/h5-8,10,13H,9H2,1-4H3,(H3,16,17,18). The summed E-state index contributed by atoms with van der Waals surface area (Å²) < 4.78 is 0. The minimum atomic E-state index is 0.325. The van der Waals surface area contributed by atoms with Gasteiger partial charge in [-0.25, -0.2) is 4.99 Å². The Bertz CT molecular complexity index is 461. The lowest BCUT2D eigenvalue weighted by atomic mass is 10.0. The smallest absolute Gasteiger partial charge is 0.193 e. The maximum Gasteiger partial charge on any atom is 0.193 e. The van der Waals surface area contributed by atoms with Gasteiger partial charge < -0.3 is 11.1 Å². The van der Waals surface area contributed by atoms with Gasteiger partial charge in [-0.1, -0.05) is 39.8 Å². The second kappa shape index (κ2) is 4.63. The van der Waals surface area contributed by atoms with Crippen LogP contribution in [0.4, 0.5) is 5.69 Å². The molecule has 1 aliphatic carbocycles. The molecule has 3 heteroatoms. The van der Waals surface area contributed by atoms with Crippen molar-refractivity contribution in [1.29, 1.82) is 0 Å². The molecule has 1 aliphatic rings. The van der Waals surface area contributed by atoms with Crippen molar-refractivity contribution in [3.63, 3.8) is 0 Å². The van der Waals surface area contributed by atoms with Gasteiger partial charge in [0.1, 0.15) is 0 Å². The largest absolute Gasteiger partial charge is 0.370 e. The Labute approximate surface area is 109 Å². The SMILES string of the molecule is CC(C)c1cccc(NC(N)=NC2CC2(C)C)c1. The number of nitrogens with zero attached hydrogens (tertiary/aromatic N) is 1. The van der Waals surface area contributed by atoms with E-state index in [9.17, 15) is 0 Å². The molecule has 0 aliphatic heterocycles. The number of rotatable bonds is 3. The van der Waals surface area contributed by atoms with E-state index in [0.29, 0.717) is 23.3 Å². The molecular formula is C15H23N3. The van der Waals surface area contributed by atoms with Crippen LogP contribution in [0.3, 0.4) is 0 Å². The van der Waals surface area contributed by atoms with Crippen molar-refractivity contribution >= 4 is 11.6 Å². The van der Waals surface area contributed by atoms with E-state index >= 15 is 0 Å². The van der Waals surface area contributed by atoms with Crippen LogP contribution in [-0.2, 0) is 0 Å². The number of benzene rings is 1. The zero-order chi connectivity index (χ0) is 13.3. The molecule has 0 saturated heterocycles. The summed E-state index contributed by atoms with van der Waals surface area (Å²) in [5, 5.41) is 3.17. The Hall–Kier alpha value is -1.51. The summed E-state index contributed by atoms with van der Waals surface area (Å²) in [6, 6.07) is 8.70. The fourth-order valence-electron chi connectivity index (χ4n) is 1.98. The first-order chi connectivity index (χ1) is 8.38. The summed E-state index contributed by atoms with van der Waals surface area (Å²) in [7, 11) is 0. The molecule has 0 radical (unpaired) electrons. The zero-order valence-corrected chi connectivity index (χ0v) is 11.7. The van der Waals surface area contributed by atoms with Crippen LogP contribution in [0.2, 0.25) is 0 Å². The van der Waals surface area contributed by atoms with Crippen LogP contribution in [0.15, 0.2) is 29.3 Å². The molecule has 1 aromatic carbocycles. The topological polar surface area (TPSA) is 50.4 Å². The highest BCUT2D eigenvalue weighted by Gasteiger charge is 2.45. The fourth-order valence-corrected chi connectivity index (χ4v) is 1.98. The molecule has 18 heavy (non-hydrogen) atoms. The van der Waals surface area contributed by atoms with Crippen molar-refractivity contribution in [3.8, 4) is 0 Å². The van der Waals surface area contributed by atoms with E-state index in [1.165, 1.54) is 5.56 Å². The van der Waals surface area contributed by atoms with Crippen molar-refractivity contribution in [2.45, 2.75) is 46.1 Å². The molecule has 0 aromatic heterocycles. The predicted molar refractivity (Wildman–Crippen MR) is 78.0 cm³/mol. The lowest BCUT2D eigenvalue weighted by Crippen LogP contribution is -2.23. The van der Waals surface area contributed by atoms with Crippen molar-refractivity contribution in [3.05, 3.63) is 29.8 Å². The van der Waals surface area contributed by atoms with Gasteiger partial charge in [0.15, 0.2) is 5.96 Å². The van der Waals surface area contributed by atoms with Crippen molar-refractivity contribution in [2.75, 3.05) is 5.32 Å². The number of nitrogens with two attached hydrogens (primary N) is 1. The van der Waals surface area contributed by atoms with E-state index < -0.39 is 0 Å². The Kier molecular flexibility index (Phi) is 3.33. The molecule has 0 amide bonds. The van der Waals surface area contributed by atoms with Gasteiger partial charge in [0.2, 0.25) is 0 Å². The van der Waals surface area contributed by atoms with Gasteiger partial charge in [0.25, 0.3) is 0 Å². The minimum Gasteiger partial charge on any atom is -0.370 e. The van der Waals surface area contributed by atoms with Gasteiger partial charge in [-0.05, 0) is 35.4 Å². The Morgan fingerprint density at radius 1 is 1.44 bits per heavy atom. The second-order valence-corrected chi connectivity index (χ2v) is 6.13. The molecule has 0 spiro atoms. The number of aliphatic imine (C=N–C) groups is 1. The van der Waals surface area contributed by atoms with Crippen molar-refractivity contribution in [1.82, 2.24) is 0 Å². The summed E-state index contributed by atoms with van der Waals surface area (Å²) in [5.74, 6) is 1.04. The molecule has 3 nitrogen and oxygen atoms in total. The number of hydrogen-bond acceptors (Lipinski definition) is 1. The Morgan fingerprint density at radius 2 is 2.11 bits per heavy atom. The molecule has 98 valence electrons. The van der Waals surface area contributed by atoms with E-state index in [1.807, 2.05) is 12.1 Å². The number of anilines is 1. The van der Waals surface area contributed by atoms with Crippen LogP contribution in [0, 0.1) is 5.41 Å². The molecule has 1 aromatic rings. The fraction of sp³-hybridized carbons (Fsp3) is 0.533. The molecule has 2 rings (SSSR count).